The molecule has 0 bridgehead atoms. The Morgan fingerprint density at radius 2 is 2.11 bits per heavy atom. The smallest absolute Gasteiger partial charge is 0.314 e. The SMILES string of the molecule is CCN1CCCCC1C(C(=O)OC)c1ccccc1. The van der Waals surface area contributed by atoms with Gasteiger partial charge in [-0.25, -0.2) is 0 Å². The summed E-state index contributed by atoms with van der Waals surface area (Å²) >= 11 is 0. The van der Waals surface area contributed by atoms with Crippen LogP contribution in [-0.2, 0) is 9.53 Å². The molecule has 2 unspecified atom stereocenters. The summed E-state index contributed by atoms with van der Waals surface area (Å²) in [5, 5.41) is 0. The minimum Gasteiger partial charge on any atom is -0.469 e. The first-order chi connectivity index (χ1) is 9.27. The van der Waals surface area contributed by atoms with Gasteiger partial charge in [-0.2, -0.15) is 0 Å². The highest BCUT2D eigenvalue weighted by atomic mass is 16.5. The molecule has 1 heterocycles. The van der Waals surface area contributed by atoms with Gasteiger partial charge in [0.1, 0.15) is 0 Å². The van der Waals surface area contributed by atoms with Crippen LogP contribution >= 0.6 is 0 Å². The van der Waals surface area contributed by atoms with Crippen LogP contribution in [0.25, 0.3) is 0 Å². The molecule has 0 N–H and O–H groups in total. The number of benzene rings is 1. The van der Waals surface area contributed by atoms with Crippen LogP contribution < -0.4 is 0 Å². The minimum atomic E-state index is -0.161. The molecule has 0 radical (unpaired) electrons. The maximum Gasteiger partial charge on any atom is 0.314 e. The van der Waals surface area contributed by atoms with Crippen molar-refractivity contribution < 1.29 is 9.53 Å². The third kappa shape index (κ3) is 3.16. The molecule has 0 aromatic heterocycles. The van der Waals surface area contributed by atoms with E-state index in [4.69, 9.17) is 4.74 Å². The lowest BCUT2D eigenvalue weighted by molar-refractivity contribution is -0.144. The van der Waals surface area contributed by atoms with E-state index in [-0.39, 0.29) is 17.9 Å². The molecule has 1 aliphatic heterocycles. The number of nitrogens with zero attached hydrogens (tertiary/aromatic N) is 1. The zero-order valence-corrected chi connectivity index (χ0v) is 11.8. The maximum absolute atomic E-state index is 12.2. The van der Waals surface area contributed by atoms with Gasteiger partial charge in [0.2, 0.25) is 0 Å². The van der Waals surface area contributed by atoms with Crippen LogP contribution in [0.5, 0.6) is 0 Å². The zero-order chi connectivity index (χ0) is 13.7. The lowest BCUT2D eigenvalue weighted by Crippen LogP contribution is -2.45. The first-order valence-corrected chi connectivity index (χ1v) is 7.14. The van der Waals surface area contributed by atoms with E-state index in [9.17, 15) is 4.79 Å². The predicted molar refractivity (Wildman–Crippen MR) is 76.1 cm³/mol. The molecule has 0 amide bonds. The number of methoxy groups -OCH3 is 1. The van der Waals surface area contributed by atoms with Crippen LogP contribution in [0.15, 0.2) is 30.3 Å². The Kier molecular flexibility index (Phi) is 4.97. The third-order valence-corrected chi connectivity index (χ3v) is 4.07. The molecule has 1 aromatic rings. The number of likely N-dealkylation sites (tertiary alicyclic amines) is 1. The monoisotopic (exact) mass is 261 g/mol. The Bertz CT molecular complexity index is 404. The molecule has 2 atom stereocenters. The molecule has 0 spiro atoms. The van der Waals surface area contributed by atoms with Gasteiger partial charge in [-0.05, 0) is 31.5 Å². The number of hydrogen-bond acceptors (Lipinski definition) is 3. The number of ether oxygens (including phenoxy) is 1. The number of carbonyl (C=O) groups excluding carboxylic acids is 1. The van der Waals surface area contributed by atoms with E-state index in [1.807, 2.05) is 30.3 Å². The van der Waals surface area contributed by atoms with Crippen molar-refractivity contribution in [1.29, 1.82) is 0 Å². The van der Waals surface area contributed by atoms with Crippen molar-refractivity contribution in [2.75, 3.05) is 20.2 Å². The lowest BCUT2D eigenvalue weighted by atomic mass is 9.85. The minimum absolute atomic E-state index is 0.114. The maximum atomic E-state index is 12.2. The van der Waals surface area contributed by atoms with E-state index >= 15 is 0 Å². The fourth-order valence-corrected chi connectivity index (χ4v) is 3.09. The van der Waals surface area contributed by atoms with Gasteiger partial charge in [-0.15, -0.1) is 0 Å². The fourth-order valence-electron chi connectivity index (χ4n) is 3.09. The second-order valence-electron chi connectivity index (χ2n) is 5.10. The van der Waals surface area contributed by atoms with Crippen molar-refractivity contribution in [3.05, 3.63) is 35.9 Å². The van der Waals surface area contributed by atoms with Gasteiger partial charge in [0.15, 0.2) is 0 Å². The number of piperidine rings is 1. The number of hydrogen-bond donors (Lipinski definition) is 0. The van der Waals surface area contributed by atoms with Gasteiger partial charge >= 0.3 is 5.97 Å². The van der Waals surface area contributed by atoms with Gasteiger partial charge in [-0.1, -0.05) is 43.7 Å². The topological polar surface area (TPSA) is 29.5 Å². The van der Waals surface area contributed by atoms with Gasteiger partial charge in [0.25, 0.3) is 0 Å². The Hall–Kier alpha value is -1.35. The van der Waals surface area contributed by atoms with Crippen LogP contribution in [0.1, 0.15) is 37.7 Å². The average Bonchev–Trinajstić information content (AvgIpc) is 2.49. The van der Waals surface area contributed by atoms with E-state index in [2.05, 4.69) is 11.8 Å². The third-order valence-electron chi connectivity index (χ3n) is 4.07. The van der Waals surface area contributed by atoms with Crippen LogP contribution in [0, 0.1) is 0 Å². The standard InChI is InChI=1S/C16H23NO2/c1-3-17-12-8-7-11-14(17)15(16(18)19-2)13-9-5-4-6-10-13/h4-6,9-10,14-15H,3,7-8,11-12H2,1-2H3. The summed E-state index contributed by atoms with van der Waals surface area (Å²) in [5.41, 5.74) is 1.07. The van der Waals surface area contributed by atoms with E-state index in [1.54, 1.807) is 0 Å². The van der Waals surface area contributed by atoms with Crippen molar-refractivity contribution in [3.63, 3.8) is 0 Å². The second kappa shape index (κ2) is 6.71. The molecule has 0 aliphatic carbocycles. The van der Waals surface area contributed by atoms with Gasteiger partial charge in [0.05, 0.1) is 13.0 Å². The molecular weight excluding hydrogens is 238 g/mol. The molecule has 1 aliphatic rings. The van der Waals surface area contributed by atoms with Gasteiger partial charge < -0.3 is 4.74 Å². The second-order valence-corrected chi connectivity index (χ2v) is 5.10. The summed E-state index contributed by atoms with van der Waals surface area (Å²) in [5.74, 6) is -0.275. The molecule has 1 aromatic carbocycles. The number of likely N-dealkylation sites (N-methyl/N-ethyl adjacent to an activating group) is 1. The molecule has 3 nitrogen and oxygen atoms in total. The molecule has 1 saturated heterocycles. The lowest BCUT2D eigenvalue weighted by Gasteiger charge is -2.38. The molecule has 2 rings (SSSR count). The Labute approximate surface area is 115 Å². The first-order valence-electron chi connectivity index (χ1n) is 7.14. The highest BCUT2D eigenvalue weighted by Crippen LogP contribution is 2.31. The number of carbonyl (C=O) groups is 1. The summed E-state index contributed by atoms with van der Waals surface area (Å²) in [6.07, 6.45) is 3.50. The summed E-state index contributed by atoms with van der Waals surface area (Å²) in [6, 6.07) is 10.3. The van der Waals surface area contributed by atoms with Crippen LogP contribution in [-0.4, -0.2) is 37.1 Å². The Balaban J connectivity index is 2.29. The van der Waals surface area contributed by atoms with Gasteiger partial charge in [-0.3, -0.25) is 9.69 Å². The van der Waals surface area contributed by atoms with Crippen molar-refractivity contribution in [2.45, 2.75) is 38.1 Å². The Morgan fingerprint density at radius 3 is 2.74 bits per heavy atom. The van der Waals surface area contributed by atoms with Crippen molar-refractivity contribution in [1.82, 2.24) is 4.90 Å². The molecule has 3 heteroatoms. The van der Waals surface area contributed by atoms with Crippen molar-refractivity contribution >= 4 is 5.97 Å². The molecule has 104 valence electrons. The summed E-state index contributed by atoms with van der Waals surface area (Å²) < 4.78 is 5.05. The summed E-state index contributed by atoms with van der Waals surface area (Å²) in [6.45, 7) is 4.24. The van der Waals surface area contributed by atoms with E-state index < -0.39 is 0 Å². The van der Waals surface area contributed by atoms with Crippen LogP contribution in [0.4, 0.5) is 0 Å². The predicted octanol–water partition coefficient (Wildman–Crippen LogP) is 2.82. The van der Waals surface area contributed by atoms with E-state index in [0.717, 1.165) is 25.1 Å². The zero-order valence-electron chi connectivity index (χ0n) is 11.8. The quantitative estimate of drug-likeness (QED) is 0.781. The number of rotatable bonds is 4. The molecule has 1 fully saturated rings. The van der Waals surface area contributed by atoms with E-state index in [0.29, 0.717) is 0 Å². The molecular formula is C16H23NO2. The average molecular weight is 261 g/mol. The van der Waals surface area contributed by atoms with Gasteiger partial charge in [0, 0.05) is 6.04 Å². The fraction of sp³-hybridized carbons (Fsp3) is 0.562. The largest absolute Gasteiger partial charge is 0.469 e. The number of esters is 1. The molecule has 19 heavy (non-hydrogen) atoms. The first kappa shape index (κ1) is 14.1. The van der Waals surface area contributed by atoms with Crippen LogP contribution in [0.2, 0.25) is 0 Å². The van der Waals surface area contributed by atoms with E-state index in [1.165, 1.54) is 20.0 Å². The van der Waals surface area contributed by atoms with Crippen molar-refractivity contribution in [2.24, 2.45) is 0 Å². The highest BCUT2D eigenvalue weighted by Gasteiger charge is 2.35. The molecule has 0 saturated carbocycles. The van der Waals surface area contributed by atoms with Crippen molar-refractivity contribution in [3.8, 4) is 0 Å². The highest BCUT2D eigenvalue weighted by molar-refractivity contribution is 5.79. The normalized spacial score (nSPS) is 21.9. The summed E-state index contributed by atoms with van der Waals surface area (Å²) in [4.78, 5) is 14.6. The van der Waals surface area contributed by atoms with Crippen LogP contribution in [0.3, 0.4) is 0 Å². The summed E-state index contributed by atoms with van der Waals surface area (Å²) in [7, 11) is 1.48. The Morgan fingerprint density at radius 1 is 1.37 bits per heavy atom.